The molecule has 1 fully saturated rings. The van der Waals surface area contributed by atoms with Crippen molar-refractivity contribution in [3.8, 4) is 11.1 Å². The summed E-state index contributed by atoms with van der Waals surface area (Å²) in [6.45, 7) is 2.94. The number of thiazole rings is 1. The van der Waals surface area contributed by atoms with Crippen LogP contribution >= 0.6 is 35.3 Å². The molecule has 0 radical (unpaired) electrons. The molecule has 8 nitrogen and oxygen atoms in total. The summed E-state index contributed by atoms with van der Waals surface area (Å²) in [5.41, 5.74) is 3.94. The highest BCUT2D eigenvalue weighted by atomic mass is 35.5. The van der Waals surface area contributed by atoms with Crippen molar-refractivity contribution in [1.29, 1.82) is 0 Å². The zero-order valence-corrected chi connectivity index (χ0v) is 24.5. The maximum absolute atomic E-state index is 16.1. The van der Waals surface area contributed by atoms with Gasteiger partial charge in [-0.2, -0.15) is 5.10 Å². The third-order valence-corrected chi connectivity index (χ3v) is 8.83. The molecule has 2 aliphatic rings. The van der Waals surface area contributed by atoms with Crippen LogP contribution in [0.4, 0.5) is 15.2 Å². The Hall–Kier alpha value is -3.47. The lowest BCUT2D eigenvalue weighted by Crippen LogP contribution is -2.29. The standard InChI is InChI=1S/C29H27ClFN7OS.ClH/c30-22-15-20(18-6-8-19(9-7-18)36-11-2-1-3-12-36)24(31)25-21(22)16-38(35-25)27(28(39)34-29-32-10-14-40-29)26-23-5-4-13-37(23)17-33-26;/h6-10,14-17,27H,1-5,11-13H2,(H,32,34,39);1H. The fourth-order valence-electron chi connectivity index (χ4n) is 5.83. The highest BCUT2D eigenvalue weighted by molar-refractivity contribution is 7.13. The topological polar surface area (TPSA) is 80.9 Å². The molecule has 1 unspecified atom stereocenters. The SMILES string of the molecule is Cl.O=C(Nc1nccs1)C(c1ncn2c1CCC2)n1cc2c(Cl)cc(-c3ccc(N4CCCCC4)cc3)c(F)c2n1. The monoisotopic (exact) mass is 611 g/mol. The predicted molar refractivity (Wildman–Crippen MR) is 163 cm³/mol. The number of nitrogens with one attached hydrogen (secondary N) is 1. The first-order valence-corrected chi connectivity index (χ1v) is 14.8. The van der Waals surface area contributed by atoms with Crippen molar-refractivity contribution in [2.24, 2.45) is 0 Å². The summed E-state index contributed by atoms with van der Waals surface area (Å²) in [7, 11) is 0. The maximum Gasteiger partial charge on any atom is 0.257 e. The molecule has 5 aromatic rings. The molecule has 1 N–H and O–H groups in total. The highest BCUT2D eigenvalue weighted by Crippen LogP contribution is 2.36. The van der Waals surface area contributed by atoms with E-state index in [0.29, 0.717) is 26.8 Å². The van der Waals surface area contributed by atoms with E-state index in [1.165, 1.54) is 35.3 Å². The Morgan fingerprint density at radius 1 is 1.07 bits per heavy atom. The average molecular weight is 613 g/mol. The number of rotatable bonds is 6. The molecule has 1 atom stereocenters. The molecule has 0 aliphatic carbocycles. The zero-order chi connectivity index (χ0) is 27.2. The summed E-state index contributed by atoms with van der Waals surface area (Å²) in [5, 5.41) is 10.5. The van der Waals surface area contributed by atoms with Gasteiger partial charge in [-0.15, -0.1) is 23.7 Å². The van der Waals surface area contributed by atoms with Crippen LogP contribution in [0, 0.1) is 5.82 Å². The maximum atomic E-state index is 16.1. The molecule has 2 aromatic carbocycles. The Kier molecular flexibility index (Phi) is 7.72. The first-order chi connectivity index (χ1) is 19.6. The van der Waals surface area contributed by atoms with E-state index in [1.54, 1.807) is 30.2 Å². The third kappa shape index (κ3) is 5.09. The Morgan fingerprint density at radius 3 is 2.63 bits per heavy atom. The molecule has 12 heteroatoms. The van der Waals surface area contributed by atoms with Gasteiger partial charge in [0.25, 0.3) is 5.91 Å². The van der Waals surface area contributed by atoms with Gasteiger partial charge in [-0.1, -0.05) is 23.7 Å². The van der Waals surface area contributed by atoms with Crippen molar-refractivity contribution in [3.63, 3.8) is 0 Å². The lowest BCUT2D eigenvalue weighted by atomic mass is 10.0. The number of fused-ring (bicyclic) bond motifs is 2. The predicted octanol–water partition coefficient (Wildman–Crippen LogP) is 6.74. The minimum absolute atomic E-state index is 0. The second-order valence-corrected chi connectivity index (χ2v) is 11.6. The number of carbonyl (C=O) groups excluding carboxylic acids is 1. The van der Waals surface area contributed by atoms with E-state index in [2.05, 4.69) is 29.9 Å². The molecule has 212 valence electrons. The number of amides is 1. The van der Waals surface area contributed by atoms with E-state index in [1.807, 2.05) is 24.3 Å². The fourth-order valence-corrected chi connectivity index (χ4v) is 6.61. The van der Waals surface area contributed by atoms with Gasteiger partial charge in [0.2, 0.25) is 0 Å². The van der Waals surface area contributed by atoms with Crippen LogP contribution in [0.15, 0.2) is 54.4 Å². The third-order valence-electron chi connectivity index (χ3n) is 7.83. The molecule has 0 spiro atoms. The Bertz CT molecular complexity index is 1690. The van der Waals surface area contributed by atoms with Crippen LogP contribution in [-0.4, -0.2) is 43.3 Å². The smallest absolute Gasteiger partial charge is 0.257 e. The molecule has 1 saturated heterocycles. The van der Waals surface area contributed by atoms with Crippen molar-refractivity contribution in [3.05, 3.63) is 76.7 Å². The normalized spacial score (nSPS) is 15.5. The molecule has 5 heterocycles. The number of halogens is 3. The van der Waals surface area contributed by atoms with Crippen LogP contribution in [0.25, 0.3) is 22.0 Å². The van der Waals surface area contributed by atoms with Gasteiger partial charge in [0, 0.05) is 59.7 Å². The molecule has 0 bridgehead atoms. The van der Waals surface area contributed by atoms with Gasteiger partial charge in [0.05, 0.1) is 17.0 Å². The van der Waals surface area contributed by atoms with Crippen molar-refractivity contribution in [1.82, 2.24) is 24.3 Å². The Morgan fingerprint density at radius 2 is 1.88 bits per heavy atom. The number of hydrogen-bond acceptors (Lipinski definition) is 6. The summed E-state index contributed by atoms with van der Waals surface area (Å²) in [4.78, 5) is 24.8. The van der Waals surface area contributed by atoms with E-state index in [-0.39, 0.29) is 23.8 Å². The molecule has 3 aromatic heterocycles. The minimum atomic E-state index is -0.909. The van der Waals surface area contributed by atoms with Gasteiger partial charge < -0.3 is 9.47 Å². The number of carbonyl (C=O) groups is 1. The summed E-state index contributed by atoms with van der Waals surface area (Å²) >= 11 is 8.04. The van der Waals surface area contributed by atoms with E-state index in [9.17, 15) is 4.79 Å². The zero-order valence-electron chi connectivity index (χ0n) is 22.1. The minimum Gasteiger partial charge on any atom is -0.372 e. The van der Waals surface area contributed by atoms with Crippen molar-refractivity contribution in [2.75, 3.05) is 23.3 Å². The van der Waals surface area contributed by atoms with E-state index >= 15 is 4.39 Å². The van der Waals surface area contributed by atoms with Crippen LogP contribution in [0.1, 0.15) is 43.1 Å². The van der Waals surface area contributed by atoms with Gasteiger partial charge >= 0.3 is 0 Å². The fraction of sp³-hybridized carbons (Fsp3) is 0.310. The number of nitrogens with zero attached hydrogens (tertiary/aromatic N) is 6. The number of benzene rings is 2. The summed E-state index contributed by atoms with van der Waals surface area (Å²) < 4.78 is 19.6. The van der Waals surface area contributed by atoms with E-state index in [4.69, 9.17) is 11.6 Å². The number of piperidine rings is 1. The molecular weight excluding hydrogens is 584 g/mol. The van der Waals surface area contributed by atoms with Gasteiger partial charge in [0.1, 0.15) is 5.52 Å². The lowest BCUT2D eigenvalue weighted by Gasteiger charge is -2.28. The van der Waals surface area contributed by atoms with Gasteiger partial charge in [0.15, 0.2) is 17.0 Å². The van der Waals surface area contributed by atoms with Crippen LogP contribution in [-0.2, 0) is 17.8 Å². The Labute approximate surface area is 251 Å². The first kappa shape index (κ1) is 27.7. The highest BCUT2D eigenvalue weighted by Gasteiger charge is 2.32. The van der Waals surface area contributed by atoms with Crippen molar-refractivity contribution >= 4 is 63.0 Å². The molecule has 2 aliphatic heterocycles. The van der Waals surface area contributed by atoms with Crippen molar-refractivity contribution < 1.29 is 9.18 Å². The lowest BCUT2D eigenvalue weighted by molar-refractivity contribution is -0.118. The molecule has 1 amide bonds. The number of anilines is 2. The van der Waals surface area contributed by atoms with Gasteiger partial charge in [-0.05, 0) is 55.9 Å². The quantitative estimate of drug-likeness (QED) is 0.230. The van der Waals surface area contributed by atoms with Gasteiger partial charge in [-0.25, -0.2) is 14.4 Å². The summed E-state index contributed by atoms with van der Waals surface area (Å²) in [6, 6.07) is 8.67. The molecule has 0 saturated carbocycles. The van der Waals surface area contributed by atoms with Crippen molar-refractivity contribution in [2.45, 2.75) is 44.7 Å². The van der Waals surface area contributed by atoms with Gasteiger partial charge in [-0.3, -0.25) is 14.8 Å². The number of aryl methyl sites for hydroxylation is 1. The molecular formula is C29H28Cl2FN7OS. The number of imidazole rings is 1. The van der Waals surface area contributed by atoms with E-state index < -0.39 is 11.9 Å². The van der Waals surface area contributed by atoms with E-state index in [0.717, 1.165) is 49.4 Å². The van der Waals surface area contributed by atoms with Crippen LogP contribution in [0.3, 0.4) is 0 Å². The van der Waals surface area contributed by atoms with Crippen LogP contribution in [0.5, 0.6) is 0 Å². The van der Waals surface area contributed by atoms with Crippen LogP contribution < -0.4 is 10.2 Å². The molecule has 41 heavy (non-hydrogen) atoms. The summed E-state index contributed by atoms with van der Waals surface area (Å²) in [6.07, 6.45) is 10.5. The second kappa shape index (κ2) is 11.4. The number of hydrogen-bond donors (Lipinski definition) is 1. The average Bonchev–Trinajstić information content (AvgIpc) is 3.78. The second-order valence-electron chi connectivity index (χ2n) is 10.3. The number of aromatic nitrogens is 5. The first-order valence-electron chi connectivity index (χ1n) is 13.5. The summed E-state index contributed by atoms with van der Waals surface area (Å²) in [5.74, 6) is -0.820. The Balaban J connectivity index is 0.00000302. The van der Waals surface area contributed by atoms with Crippen LogP contribution in [0.2, 0.25) is 5.02 Å². The molecule has 7 rings (SSSR count). The largest absolute Gasteiger partial charge is 0.372 e.